The van der Waals surface area contributed by atoms with E-state index in [0.29, 0.717) is 27.7 Å². The Morgan fingerprint density at radius 2 is 2.20 bits per heavy atom. The van der Waals surface area contributed by atoms with Crippen molar-refractivity contribution in [1.82, 2.24) is 4.98 Å². The lowest BCUT2D eigenvalue weighted by Crippen LogP contribution is -2.36. The Balaban J connectivity index is 1.93. The zero-order valence-electron chi connectivity index (χ0n) is 16.2. The Kier molecular flexibility index (Phi) is 6.25. The molecule has 1 aliphatic heterocycles. The number of halogens is 1. The highest BCUT2D eigenvalue weighted by Crippen LogP contribution is 2.38. The van der Waals surface area contributed by atoms with Gasteiger partial charge in [0.05, 0.1) is 25.1 Å². The first-order valence-corrected chi connectivity index (χ1v) is 10.1. The Morgan fingerprint density at radius 1 is 1.43 bits per heavy atom. The van der Waals surface area contributed by atoms with Gasteiger partial charge >= 0.3 is 0 Å². The van der Waals surface area contributed by atoms with Crippen LogP contribution in [0.2, 0.25) is 0 Å². The number of hydrogen-bond acceptors (Lipinski definition) is 7. The summed E-state index contributed by atoms with van der Waals surface area (Å²) in [7, 11) is 0. The predicted molar refractivity (Wildman–Crippen MR) is 109 cm³/mol. The predicted octanol–water partition coefficient (Wildman–Crippen LogP) is 2.39. The van der Waals surface area contributed by atoms with Gasteiger partial charge in [-0.15, -0.1) is 0 Å². The summed E-state index contributed by atoms with van der Waals surface area (Å²) in [5.41, 5.74) is 4.23. The molecule has 154 valence electrons. The van der Waals surface area contributed by atoms with E-state index in [-0.39, 0.29) is 13.0 Å². The minimum Gasteiger partial charge on any atom is -0.373 e. The highest BCUT2D eigenvalue weighted by molar-refractivity contribution is 7.99. The number of carbonyl (C=O) groups is 1. The highest BCUT2D eigenvalue weighted by atomic mass is 32.2. The molecule has 1 aromatic carbocycles. The third-order valence-electron chi connectivity index (χ3n) is 5.12. The maximum atomic E-state index is 13.8. The standard InChI is InChI=1S/C21H20FN5O2S/c1-2-15-16(10-23)27(12-21(15,29)11-24)19-4-3-5-20(26-19)30-17-9-14(22)7-6-13(17)8-18(25)28/h3-7,9,15-16,29H,2,8,12H2,1H3,(H2,25,28)/t15?,16?,21-/m1/s1. The first-order valence-electron chi connectivity index (χ1n) is 9.32. The SMILES string of the molecule is CCC1C(C#N)N(c2cccc(Sc3cc(F)ccc3CC(N)=O)n2)C[C@]1(O)C#N. The van der Waals surface area contributed by atoms with Gasteiger partial charge in [-0.1, -0.05) is 30.8 Å². The summed E-state index contributed by atoms with van der Waals surface area (Å²) < 4.78 is 13.8. The van der Waals surface area contributed by atoms with E-state index in [1.54, 1.807) is 23.1 Å². The molecule has 3 rings (SSSR count). The van der Waals surface area contributed by atoms with Crippen LogP contribution in [-0.4, -0.2) is 34.2 Å². The van der Waals surface area contributed by atoms with E-state index < -0.39 is 29.3 Å². The maximum Gasteiger partial charge on any atom is 0.221 e. The number of nitrogens with two attached hydrogens (primary N) is 1. The Labute approximate surface area is 177 Å². The minimum atomic E-state index is -1.64. The van der Waals surface area contributed by atoms with Crippen molar-refractivity contribution in [1.29, 1.82) is 10.5 Å². The van der Waals surface area contributed by atoms with Gasteiger partial charge in [-0.2, -0.15) is 10.5 Å². The summed E-state index contributed by atoms with van der Waals surface area (Å²) in [6, 6.07) is 12.6. The average molecular weight is 425 g/mol. The molecule has 2 unspecified atom stereocenters. The van der Waals surface area contributed by atoms with Crippen LogP contribution < -0.4 is 10.6 Å². The number of aliphatic hydroxyl groups is 1. The first-order chi connectivity index (χ1) is 14.3. The van der Waals surface area contributed by atoms with Crippen molar-refractivity contribution in [2.24, 2.45) is 11.7 Å². The van der Waals surface area contributed by atoms with Crippen molar-refractivity contribution in [3.05, 3.63) is 47.8 Å². The van der Waals surface area contributed by atoms with Crippen LogP contribution in [0.15, 0.2) is 46.3 Å². The van der Waals surface area contributed by atoms with E-state index in [0.717, 1.165) is 0 Å². The van der Waals surface area contributed by atoms with Crippen molar-refractivity contribution in [2.45, 2.75) is 41.3 Å². The molecule has 0 saturated carbocycles. The minimum absolute atomic E-state index is 0.0294. The Bertz CT molecular complexity index is 1050. The number of primary amides is 1. The van der Waals surface area contributed by atoms with Gasteiger partial charge in [0.1, 0.15) is 22.7 Å². The van der Waals surface area contributed by atoms with E-state index in [9.17, 15) is 24.8 Å². The molecule has 3 atom stereocenters. The Morgan fingerprint density at radius 3 is 2.83 bits per heavy atom. The van der Waals surface area contributed by atoms with Crippen LogP contribution in [0.5, 0.6) is 0 Å². The summed E-state index contributed by atoms with van der Waals surface area (Å²) in [5.74, 6) is -1.07. The molecule has 7 nitrogen and oxygen atoms in total. The van der Waals surface area contributed by atoms with E-state index in [1.807, 2.05) is 13.0 Å². The lowest BCUT2D eigenvalue weighted by atomic mass is 9.86. The van der Waals surface area contributed by atoms with Crippen LogP contribution in [0.1, 0.15) is 18.9 Å². The van der Waals surface area contributed by atoms with Crippen molar-refractivity contribution < 1.29 is 14.3 Å². The van der Waals surface area contributed by atoms with Gasteiger partial charge in [-0.05, 0) is 36.2 Å². The number of pyridine rings is 1. The molecule has 1 amide bonds. The fraction of sp³-hybridized carbons (Fsp3) is 0.333. The number of benzene rings is 1. The highest BCUT2D eigenvalue weighted by Gasteiger charge is 2.52. The number of anilines is 1. The van der Waals surface area contributed by atoms with Crippen molar-refractivity contribution in [3.63, 3.8) is 0 Å². The number of hydrogen-bond donors (Lipinski definition) is 2. The molecule has 2 aromatic rings. The fourth-order valence-corrected chi connectivity index (χ4v) is 4.66. The molecule has 1 fully saturated rings. The van der Waals surface area contributed by atoms with Crippen molar-refractivity contribution in [3.8, 4) is 12.1 Å². The first kappa shape index (κ1) is 21.6. The number of β-amino-alcohol motifs (C(OH)–C–C–N with tert-alkyl or cyclic N) is 1. The van der Waals surface area contributed by atoms with Crippen molar-refractivity contribution in [2.75, 3.05) is 11.4 Å². The molecule has 0 aliphatic carbocycles. The van der Waals surface area contributed by atoms with Gasteiger partial charge in [0.25, 0.3) is 0 Å². The van der Waals surface area contributed by atoms with Gasteiger partial charge in [-0.25, -0.2) is 9.37 Å². The van der Waals surface area contributed by atoms with Crippen LogP contribution >= 0.6 is 11.8 Å². The molecule has 0 bridgehead atoms. The van der Waals surface area contributed by atoms with Crippen LogP contribution in [0.4, 0.5) is 10.2 Å². The van der Waals surface area contributed by atoms with Crippen LogP contribution in [0.3, 0.4) is 0 Å². The number of nitrogens with zero attached hydrogens (tertiary/aromatic N) is 4. The summed E-state index contributed by atoms with van der Waals surface area (Å²) in [6.45, 7) is 1.79. The molecular formula is C21H20FN5O2S. The van der Waals surface area contributed by atoms with Gasteiger partial charge in [0.15, 0.2) is 5.60 Å². The molecule has 9 heteroatoms. The van der Waals surface area contributed by atoms with Crippen LogP contribution in [-0.2, 0) is 11.2 Å². The zero-order chi connectivity index (χ0) is 21.9. The average Bonchev–Trinajstić information content (AvgIpc) is 3.02. The van der Waals surface area contributed by atoms with Gasteiger partial charge in [0, 0.05) is 10.8 Å². The number of nitriles is 2. The number of amides is 1. The lowest BCUT2D eigenvalue weighted by Gasteiger charge is -2.22. The molecule has 0 radical (unpaired) electrons. The number of rotatable bonds is 6. The summed E-state index contributed by atoms with van der Waals surface area (Å²) >= 11 is 1.17. The second kappa shape index (κ2) is 8.70. The van der Waals surface area contributed by atoms with E-state index >= 15 is 0 Å². The summed E-state index contributed by atoms with van der Waals surface area (Å²) in [6.07, 6.45) is 0.436. The summed E-state index contributed by atoms with van der Waals surface area (Å²) in [5, 5.41) is 30.3. The maximum absolute atomic E-state index is 13.8. The molecule has 1 aromatic heterocycles. The topological polar surface area (TPSA) is 127 Å². The molecule has 0 spiro atoms. The fourth-order valence-electron chi connectivity index (χ4n) is 3.71. The molecule has 30 heavy (non-hydrogen) atoms. The van der Waals surface area contributed by atoms with Crippen LogP contribution in [0, 0.1) is 34.4 Å². The van der Waals surface area contributed by atoms with E-state index in [1.165, 1.54) is 30.0 Å². The number of carbonyl (C=O) groups excluding carboxylic acids is 1. The molecule has 1 aliphatic rings. The van der Waals surface area contributed by atoms with Crippen LogP contribution in [0.25, 0.3) is 0 Å². The third kappa shape index (κ3) is 4.23. The van der Waals surface area contributed by atoms with Gasteiger partial charge < -0.3 is 15.7 Å². The number of aromatic nitrogens is 1. The molecular weight excluding hydrogens is 405 g/mol. The second-order valence-corrected chi connectivity index (χ2v) is 8.15. The third-order valence-corrected chi connectivity index (χ3v) is 6.16. The van der Waals surface area contributed by atoms with Crippen molar-refractivity contribution >= 4 is 23.5 Å². The zero-order valence-corrected chi connectivity index (χ0v) is 17.1. The normalized spacial score (nSPS) is 23.0. The molecule has 2 heterocycles. The molecule has 1 saturated heterocycles. The van der Waals surface area contributed by atoms with E-state index in [4.69, 9.17) is 5.73 Å². The smallest absolute Gasteiger partial charge is 0.221 e. The quantitative estimate of drug-likeness (QED) is 0.680. The molecule has 3 N–H and O–H groups in total. The monoisotopic (exact) mass is 425 g/mol. The second-order valence-electron chi connectivity index (χ2n) is 7.08. The largest absolute Gasteiger partial charge is 0.373 e. The summed E-state index contributed by atoms with van der Waals surface area (Å²) in [4.78, 5) is 18.0. The van der Waals surface area contributed by atoms with Gasteiger partial charge in [-0.3, -0.25) is 4.79 Å². The van der Waals surface area contributed by atoms with E-state index in [2.05, 4.69) is 11.1 Å². The lowest BCUT2D eigenvalue weighted by molar-refractivity contribution is -0.117. The Hall–Kier alpha value is -3.14. The van der Waals surface area contributed by atoms with Gasteiger partial charge in [0.2, 0.25) is 5.91 Å².